The van der Waals surface area contributed by atoms with Crippen molar-refractivity contribution in [1.29, 1.82) is 0 Å². The maximum atomic E-state index is 11.7. The maximum Gasteiger partial charge on any atom is 0.235 e. The van der Waals surface area contributed by atoms with Gasteiger partial charge in [-0.25, -0.2) is 0 Å². The van der Waals surface area contributed by atoms with Crippen molar-refractivity contribution in [3.63, 3.8) is 0 Å². The molecule has 1 heterocycles. The second-order valence-electron chi connectivity index (χ2n) is 4.78. The first-order valence-electron chi connectivity index (χ1n) is 6.77. The molecule has 7 heteroatoms. The molecule has 0 saturated carbocycles. The number of carbonyl (C=O) groups excluding carboxylic acids is 2. The smallest absolute Gasteiger partial charge is 0.235 e. The lowest BCUT2D eigenvalue weighted by molar-refractivity contribution is -0.126. The zero-order valence-electron chi connectivity index (χ0n) is 12.1. The number of carbonyl (C=O) groups is 2. The number of nitrogens with zero attached hydrogens (tertiary/aromatic N) is 1. The van der Waals surface area contributed by atoms with Crippen molar-refractivity contribution in [3.05, 3.63) is 46.7 Å². The van der Waals surface area contributed by atoms with Crippen molar-refractivity contribution in [2.45, 2.75) is 19.8 Å². The molecule has 0 aliphatic rings. The number of hydrogen-bond donors (Lipinski definition) is 2. The minimum absolute atomic E-state index is 0.262. The molecule has 22 heavy (non-hydrogen) atoms. The average Bonchev–Trinajstić information content (AvgIpc) is 2.83. The molecule has 2 rings (SSSR count). The van der Waals surface area contributed by atoms with Gasteiger partial charge in [-0.1, -0.05) is 28.9 Å². The molecule has 116 valence electrons. The number of aryl methyl sites for hydroxylation is 1. The Balaban J connectivity index is 1.70. The summed E-state index contributed by atoms with van der Waals surface area (Å²) in [4.78, 5) is 23.3. The summed E-state index contributed by atoms with van der Waals surface area (Å²) in [7, 11) is 0. The number of amides is 2. The first-order valence-corrected chi connectivity index (χ1v) is 7.15. The number of hydrogen-bond acceptors (Lipinski definition) is 4. The molecule has 2 amide bonds. The van der Waals surface area contributed by atoms with E-state index in [1.807, 2.05) is 18.2 Å². The first-order chi connectivity index (χ1) is 10.5. The molecule has 1 aromatic carbocycles. The minimum Gasteiger partial charge on any atom is -0.360 e. The highest BCUT2D eigenvalue weighted by Gasteiger charge is 2.11. The fraction of sp³-hybridized carbons (Fsp3) is 0.267. The summed E-state index contributed by atoms with van der Waals surface area (Å²) < 4.78 is 4.82. The largest absolute Gasteiger partial charge is 0.360 e. The molecular weight excluding hydrogens is 306 g/mol. The van der Waals surface area contributed by atoms with E-state index in [1.54, 1.807) is 19.1 Å². The molecule has 0 saturated heterocycles. The third-order valence-electron chi connectivity index (χ3n) is 2.84. The number of benzene rings is 1. The molecule has 1 aromatic heterocycles. The Morgan fingerprint density at radius 1 is 1.27 bits per heavy atom. The van der Waals surface area contributed by atoms with Gasteiger partial charge in [-0.05, 0) is 31.0 Å². The number of nitrogens with one attached hydrogen (secondary N) is 2. The summed E-state index contributed by atoms with van der Waals surface area (Å²) in [5.74, 6) is 0.101. The quantitative estimate of drug-likeness (QED) is 0.800. The van der Waals surface area contributed by atoms with E-state index in [9.17, 15) is 9.59 Å². The van der Waals surface area contributed by atoms with Crippen LogP contribution in [0, 0.1) is 6.92 Å². The van der Waals surface area contributed by atoms with Crippen molar-refractivity contribution in [2.24, 2.45) is 0 Å². The van der Waals surface area contributed by atoms with E-state index in [0.717, 1.165) is 5.56 Å². The number of aromatic nitrogens is 1. The van der Waals surface area contributed by atoms with Crippen molar-refractivity contribution in [3.8, 4) is 0 Å². The number of halogens is 1. The summed E-state index contributed by atoms with van der Waals surface area (Å²) in [5, 5.41) is 9.45. The van der Waals surface area contributed by atoms with Crippen LogP contribution in [-0.2, 0) is 16.0 Å². The zero-order valence-corrected chi connectivity index (χ0v) is 12.8. The van der Waals surface area contributed by atoms with E-state index >= 15 is 0 Å². The van der Waals surface area contributed by atoms with E-state index in [-0.39, 0.29) is 12.3 Å². The van der Waals surface area contributed by atoms with Gasteiger partial charge in [-0.2, -0.15) is 0 Å². The van der Waals surface area contributed by atoms with Gasteiger partial charge in [-0.3, -0.25) is 9.59 Å². The Kier molecular flexibility index (Phi) is 5.55. The van der Waals surface area contributed by atoms with Crippen LogP contribution in [0.1, 0.15) is 17.7 Å². The normalized spacial score (nSPS) is 10.3. The summed E-state index contributed by atoms with van der Waals surface area (Å²) >= 11 is 5.88. The molecule has 0 spiro atoms. The Morgan fingerprint density at radius 3 is 2.77 bits per heavy atom. The molecule has 0 aliphatic carbocycles. The van der Waals surface area contributed by atoms with Gasteiger partial charge in [0.05, 0.1) is 0 Å². The zero-order chi connectivity index (χ0) is 15.9. The molecule has 0 atom stereocenters. The molecule has 6 nitrogen and oxygen atoms in total. The van der Waals surface area contributed by atoms with Crippen LogP contribution in [0.15, 0.2) is 34.9 Å². The van der Waals surface area contributed by atoms with Crippen molar-refractivity contribution >= 4 is 29.2 Å². The second-order valence-corrected chi connectivity index (χ2v) is 5.21. The Bertz CT molecular complexity index is 670. The third kappa shape index (κ3) is 5.21. The van der Waals surface area contributed by atoms with E-state index in [1.165, 1.54) is 0 Å². The SMILES string of the molecule is Cc1cc(NC(=O)CC(=O)NCCc2cccc(Cl)c2)no1. The van der Waals surface area contributed by atoms with E-state index in [2.05, 4.69) is 15.8 Å². The fourth-order valence-corrected chi connectivity index (χ4v) is 2.07. The first kappa shape index (κ1) is 16.0. The van der Waals surface area contributed by atoms with Crippen molar-refractivity contribution < 1.29 is 14.1 Å². The molecule has 0 unspecified atom stereocenters. The van der Waals surface area contributed by atoms with Crippen molar-refractivity contribution in [2.75, 3.05) is 11.9 Å². The van der Waals surface area contributed by atoms with Gasteiger partial charge >= 0.3 is 0 Å². The lowest BCUT2D eigenvalue weighted by Gasteiger charge is -2.05. The van der Waals surface area contributed by atoms with Crippen LogP contribution in [0.3, 0.4) is 0 Å². The van der Waals surface area contributed by atoms with E-state index < -0.39 is 5.91 Å². The summed E-state index contributed by atoms with van der Waals surface area (Å²) in [6.07, 6.45) is 0.387. The van der Waals surface area contributed by atoms with Gasteiger partial charge in [0.2, 0.25) is 11.8 Å². The highest BCUT2D eigenvalue weighted by molar-refractivity contribution is 6.30. The van der Waals surface area contributed by atoms with Gasteiger partial charge in [0.15, 0.2) is 5.82 Å². The monoisotopic (exact) mass is 321 g/mol. The van der Waals surface area contributed by atoms with Crippen LogP contribution in [0.2, 0.25) is 5.02 Å². The van der Waals surface area contributed by atoms with Crippen molar-refractivity contribution in [1.82, 2.24) is 10.5 Å². The summed E-state index contributed by atoms with van der Waals surface area (Å²) in [6, 6.07) is 8.99. The molecule has 2 N–H and O–H groups in total. The van der Waals surface area contributed by atoms with Gasteiger partial charge in [0, 0.05) is 17.6 Å². The molecule has 0 fully saturated rings. The van der Waals surface area contributed by atoms with Crippen LogP contribution >= 0.6 is 11.6 Å². The van der Waals surface area contributed by atoms with Crippen LogP contribution in [0.5, 0.6) is 0 Å². The lowest BCUT2D eigenvalue weighted by Crippen LogP contribution is -2.29. The topological polar surface area (TPSA) is 84.2 Å². The Hall–Kier alpha value is -2.34. The summed E-state index contributed by atoms with van der Waals surface area (Å²) in [5.41, 5.74) is 1.02. The van der Waals surface area contributed by atoms with Crippen LogP contribution in [0.25, 0.3) is 0 Å². The fourth-order valence-electron chi connectivity index (χ4n) is 1.86. The second kappa shape index (κ2) is 7.61. The van der Waals surface area contributed by atoms with E-state index in [0.29, 0.717) is 29.6 Å². The molecule has 0 bridgehead atoms. The molecule has 2 aromatic rings. The third-order valence-corrected chi connectivity index (χ3v) is 3.08. The van der Waals surface area contributed by atoms with Crippen LogP contribution in [-0.4, -0.2) is 23.5 Å². The predicted octanol–water partition coefficient (Wildman–Crippen LogP) is 2.32. The van der Waals surface area contributed by atoms with Gasteiger partial charge in [0.25, 0.3) is 0 Å². The highest BCUT2D eigenvalue weighted by atomic mass is 35.5. The van der Waals surface area contributed by atoms with E-state index in [4.69, 9.17) is 16.1 Å². The number of rotatable bonds is 6. The number of anilines is 1. The van der Waals surface area contributed by atoms with Crippen LogP contribution in [0.4, 0.5) is 5.82 Å². The Labute approximate surface area is 132 Å². The lowest BCUT2D eigenvalue weighted by atomic mass is 10.1. The van der Waals surface area contributed by atoms with Gasteiger partial charge < -0.3 is 15.2 Å². The summed E-state index contributed by atoms with van der Waals surface area (Å²) in [6.45, 7) is 2.15. The molecule has 0 radical (unpaired) electrons. The van der Waals surface area contributed by atoms with Crippen LogP contribution < -0.4 is 10.6 Å². The Morgan fingerprint density at radius 2 is 2.09 bits per heavy atom. The standard InChI is InChI=1S/C15H16ClN3O3/c1-10-7-13(19-22-10)18-15(21)9-14(20)17-6-5-11-3-2-4-12(16)8-11/h2-4,7-8H,5-6,9H2,1H3,(H,17,20)(H,18,19,21). The molecule has 0 aliphatic heterocycles. The average molecular weight is 322 g/mol. The van der Waals surface area contributed by atoms with Gasteiger partial charge in [-0.15, -0.1) is 0 Å². The minimum atomic E-state index is -0.437. The van der Waals surface area contributed by atoms with Gasteiger partial charge in [0.1, 0.15) is 12.2 Å². The molecular formula is C15H16ClN3O3. The predicted molar refractivity (Wildman–Crippen MR) is 82.7 cm³/mol. The maximum absolute atomic E-state index is 11.7. The highest BCUT2D eigenvalue weighted by Crippen LogP contribution is 2.10.